The second kappa shape index (κ2) is 22.9. The number of likely N-dealkylation sites (N-methyl/N-ethyl adjacent to an activating group) is 2. The molecule has 0 saturated heterocycles. The summed E-state index contributed by atoms with van der Waals surface area (Å²) in [4.78, 5) is 56.4. The van der Waals surface area contributed by atoms with E-state index in [2.05, 4.69) is 10.6 Å². The number of fused-ring (bicyclic) bond motifs is 2. The minimum atomic E-state index is -0.678. The third-order valence-electron chi connectivity index (χ3n) is 11.4. The fraction of sp³-hybridized carbons (Fsp3) is 0.385. The molecular formula is C52H62F2N4O6. The van der Waals surface area contributed by atoms with Crippen LogP contribution in [0.25, 0.3) is 0 Å². The molecule has 64 heavy (non-hydrogen) atoms. The van der Waals surface area contributed by atoms with Crippen molar-refractivity contribution in [1.82, 2.24) is 20.4 Å². The number of amides is 4. The van der Waals surface area contributed by atoms with E-state index in [1.54, 1.807) is 74.8 Å². The lowest BCUT2D eigenvalue weighted by Gasteiger charge is -2.32. The molecule has 340 valence electrons. The number of para-hydroxylation sites is 2. The van der Waals surface area contributed by atoms with Gasteiger partial charge in [0, 0.05) is 26.9 Å². The Hall–Kier alpha value is -6.30. The van der Waals surface area contributed by atoms with Gasteiger partial charge in [-0.15, -0.1) is 0 Å². The summed E-state index contributed by atoms with van der Waals surface area (Å²) in [5.74, 6) is -0.909. The maximum absolute atomic E-state index is 13.4. The van der Waals surface area contributed by atoms with Crippen molar-refractivity contribution in [3.63, 3.8) is 0 Å². The van der Waals surface area contributed by atoms with Gasteiger partial charge in [-0.1, -0.05) is 101 Å². The molecule has 0 radical (unpaired) electrons. The third kappa shape index (κ3) is 12.9. The highest BCUT2D eigenvalue weighted by Crippen LogP contribution is 2.28. The van der Waals surface area contributed by atoms with E-state index >= 15 is 0 Å². The molecule has 0 unspecified atom stereocenters. The van der Waals surface area contributed by atoms with Crippen molar-refractivity contribution in [3.05, 3.63) is 155 Å². The van der Waals surface area contributed by atoms with Gasteiger partial charge >= 0.3 is 0 Å². The number of nitrogens with zero attached hydrogens (tertiary/aromatic N) is 2. The summed E-state index contributed by atoms with van der Waals surface area (Å²) in [6.07, 6.45) is 10.2. The Morgan fingerprint density at radius 2 is 0.844 bits per heavy atom. The average molecular weight is 877 g/mol. The lowest BCUT2D eigenvalue weighted by Crippen LogP contribution is -2.51. The second-order valence-electron chi connectivity index (χ2n) is 17.2. The normalized spacial score (nSPS) is 23.7. The van der Waals surface area contributed by atoms with Gasteiger partial charge in [0.25, 0.3) is 11.8 Å². The molecule has 2 N–H and O–H groups in total. The van der Waals surface area contributed by atoms with Crippen LogP contribution >= 0.6 is 0 Å². The average Bonchev–Trinajstić information content (AvgIpc) is 3.25. The Balaban J connectivity index is 0.000000241. The van der Waals surface area contributed by atoms with Crippen LogP contribution < -0.4 is 20.1 Å². The van der Waals surface area contributed by atoms with Crippen LogP contribution in [0.1, 0.15) is 111 Å². The number of carbonyl (C=O) groups excluding carboxylic acids is 4. The number of halogens is 2. The summed E-state index contributed by atoms with van der Waals surface area (Å²) in [6, 6.07) is 24.5. The molecule has 0 bridgehead atoms. The van der Waals surface area contributed by atoms with Gasteiger partial charge in [-0.25, -0.2) is 8.78 Å². The molecule has 10 nitrogen and oxygen atoms in total. The SMILES string of the molecule is CC(C)[C@H]1C(=O)N[C@@H](c2ccc(F)cc2)C/C=C/C[C@@H](C)Oc2ccccc2C(=O)N1C.CC(C)[C@H]1C(=O)N[C@@H](c2ccc(F)cc2)C/C=C\C[C@@H](C)Oc2ccccc2C(=O)N1C. The van der Waals surface area contributed by atoms with Crippen molar-refractivity contribution in [2.45, 2.75) is 104 Å². The van der Waals surface area contributed by atoms with Gasteiger partial charge in [0.15, 0.2) is 0 Å². The summed E-state index contributed by atoms with van der Waals surface area (Å²) in [7, 11) is 3.29. The lowest BCUT2D eigenvalue weighted by atomic mass is 9.98. The first-order chi connectivity index (χ1) is 30.5. The van der Waals surface area contributed by atoms with Crippen LogP contribution in [0.2, 0.25) is 0 Å². The number of benzene rings is 4. The monoisotopic (exact) mass is 876 g/mol. The largest absolute Gasteiger partial charge is 0.490 e. The van der Waals surface area contributed by atoms with E-state index in [1.165, 1.54) is 34.1 Å². The van der Waals surface area contributed by atoms with E-state index in [1.807, 2.05) is 78.0 Å². The van der Waals surface area contributed by atoms with E-state index in [4.69, 9.17) is 9.47 Å². The first-order valence-corrected chi connectivity index (χ1v) is 22.0. The molecule has 0 spiro atoms. The van der Waals surface area contributed by atoms with E-state index in [9.17, 15) is 28.0 Å². The lowest BCUT2D eigenvalue weighted by molar-refractivity contribution is -0.128. The predicted octanol–water partition coefficient (Wildman–Crippen LogP) is 9.79. The Labute approximate surface area is 376 Å². The number of carbonyl (C=O) groups is 4. The number of nitrogens with one attached hydrogen (secondary N) is 2. The van der Waals surface area contributed by atoms with E-state index in [-0.39, 0.29) is 71.4 Å². The van der Waals surface area contributed by atoms with Crippen LogP contribution in [0.5, 0.6) is 11.5 Å². The van der Waals surface area contributed by atoms with E-state index in [0.717, 1.165) is 11.1 Å². The van der Waals surface area contributed by atoms with Crippen LogP contribution in [-0.2, 0) is 9.59 Å². The fourth-order valence-corrected chi connectivity index (χ4v) is 8.01. The molecule has 6 rings (SSSR count). The quantitative estimate of drug-likeness (QED) is 0.197. The first kappa shape index (κ1) is 48.7. The number of ether oxygens (including phenoxy) is 2. The Bertz CT molecular complexity index is 2100. The minimum Gasteiger partial charge on any atom is -0.490 e. The van der Waals surface area contributed by atoms with Crippen LogP contribution in [0.3, 0.4) is 0 Å². The first-order valence-electron chi connectivity index (χ1n) is 22.0. The van der Waals surface area contributed by atoms with Gasteiger partial charge in [-0.3, -0.25) is 19.2 Å². The molecule has 0 aliphatic carbocycles. The molecule has 4 amide bonds. The van der Waals surface area contributed by atoms with Gasteiger partial charge in [-0.2, -0.15) is 0 Å². The molecule has 2 aliphatic heterocycles. The zero-order valence-corrected chi connectivity index (χ0v) is 38.1. The molecule has 0 aromatic heterocycles. The summed E-state index contributed by atoms with van der Waals surface area (Å²) in [6.45, 7) is 11.6. The number of hydrogen-bond donors (Lipinski definition) is 2. The molecular weight excluding hydrogens is 815 g/mol. The summed E-state index contributed by atoms with van der Waals surface area (Å²) >= 11 is 0. The smallest absolute Gasteiger partial charge is 0.258 e. The Kier molecular flexibility index (Phi) is 17.4. The van der Waals surface area contributed by atoms with Gasteiger partial charge in [0.05, 0.1) is 35.4 Å². The van der Waals surface area contributed by atoms with Crippen LogP contribution in [0, 0.1) is 23.5 Å². The molecule has 0 saturated carbocycles. The summed E-state index contributed by atoms with van der Waals surface area (Å²) in [5.41, 5.74) is 2.47. The Morgan fingerprint density at radius 3 is 1.19 bits per heavy atom. The van der Waals surface area contributed by atoms with Crippen molar-refractivity contribution in [2.75, 3.05) is 14.1 Å². The zero-order valence-electron chi connectivity index (χ0n) is 38.1. The fourth-order valence-electron chi connectivity index (χ4n) is 8.01. The predicted molar refractivity (Wildman–Crippen MR) is 246 cm³/mol. The maximum atomic E-state index is 13.4. The molecule has 4 aromatic rings. The van der Waals surface area contributed by atoms with E-state index < -0.39 is 12.1 Å². The van der Waals surface area contributed by atoms with Gasteiger partial charge in [0.2, 0.25) is 11.8 Å². The molecule has 6 atom stereocenters. The molecule has 2 heterocycles. The highest BCUT2D eigenvalue weighted by Gasteiger charge is 2.34. The number of rotatable bonds is 4. The summed E-state index contributed by atoms with van der Waals surface area (Å²) < 4.78 is 39.0. The second-order valence-corrected chi connectivity index (χ2v) is 17.2. The standard InChI is InChI=1S/2C26H31FN2O3/c2*1-17(2)24-25(30)28-22(19-13-15-20(27)16-14-19)11-7-5-9-18(3)32-23-12-8-6-10-21(23)26(31)29(24)4/h2*5-8,10,12-18,22,24H,9,11H2,1-4H3,(H,28,30)/b7-5+;7-5-/t2*18-,22-,24+/m11/s1. The molecule has 2 aliphatic rings. The van der Waals surface area contributed by atoms with Crippen LogP contribution in [-0.4, -0.2) is 71.8 Å². The molecule has 4 aromatic carbocycles. The summed E-state index contributed by atoms with van der Waals surface area (Å²) in [5, 5.41) is 6.17. The van der Waals surface area contributed by atoms with Gasteiger partial charge in [0.1, 0.15) is 35.2 Å². The van der Waals surface area contributed by atoms with Crippen molar-refractivity contribution in [2.24, 2.45) is 11.8 Å². The van der Waals surface area contributed by atoms with Crippen LogP contribution in [0.15, 0.2) is 121 Å². The van der Waals surface area contributed by atoms with Crippen molar-refractivity contribution in [3.8, 4) is 11.5 Å². The minimum absolute atomic E-state index is 0.117. The zero-order chi connectivity index (χ0) is 46.5. The maximum Gasteiger partial charge on any atom is 0.258 e. The van der Waals surface area contributed by atoms with Gasteiger partial charge < -0.3 is 29.9 Å². The highest BCUT2D eigenvalue weighted by molar-refractivity contribution is 6.00. The molecule has 0 fully saturated rings. The molecule has 12 heteroatoms. The Morgan fingerprint density at radius 1 is 0.516 bits per heavy atom. The van der Waals surface area contributed by atoms with Crippen LogP contribution in [0.4, 0.5) is 8.78 Å². The number of hydrogen-bond acceptors (Lipinski definition) is 6. The van der Waals surface area contributed by atoms with E-state index in [0.29, 0.717) is 48.3 Å². The van der Waals surface area contributed by atoms with Crippen molar-refractivity contribution >= 4 is 23.6 Å². The topological polar surface area (TPSA) is 117 Å². The van der Waals surface area contributed by atoms with Gasteiger partial charge in [-0.05, 0) is 98.2 Å². The van der Waals surface area contributed by atoms with Crippen molar-refractivity contribution in [1.29, 1.82) is 0 Å². The van der Waals surface area contributed by atoms with Crippen molar-refractivity contribution < 1.29 is 37.4 Å². The highest BCUT2D eigenvalue weighted by atomic mass is 19.1. The third-order valence-corrected chi connectivity index (χ3v) is 11.4.